The van der Waals surface area contributed by atoms with Gasteiger partial charge in [-0.3, -0.25) is 4.79 Å². The molecule has 0 aliphatic heterocycles. The van der Waals surface area contributed by atoms with Crippen LogP contribution < -0.4 is 10.4 Å². The highest BCUT2D eigenvalue weighted by atomic mass is 79.9. The van der Waals surface area contributed by atoms with Gasteiger partial charge >= 0.3 is 0 Å². The van der Waals surface area contributed by atoms with Crippen LogP contribution in [0.15, 0.2) is 95.6 Å². The fourth-order valence-electron chi connectivity index (χ4n) is 3.82. The van der Waals surface area contributed by atoms with Crippen LogP contribution in [0.1, 0.15) is 42.4 Å². The second-order valence-corrected chi connectivity index (χ2v) is 11.9. The van der Waals surface area contributed by atoms with Gasteiger partial charge in [0, 0.05) is 5.56 Å². The van der Waals surface area contributed by atoms with Crippen molar-refractivity contribution < 1.29 is 9.22 Å². The topological polar surface area (TPSA) is 31.2 Å². The number of rotatable bonds is 7. The fourth-order valence-corrected chi connectivity index (χ4v) is 6.31. The van der Waals surface area contributed by atoms with Crippen molar-refractivity contribution in [2.75, 3.05) is 0 Å². The molecule has 0 N–H and O–H groups in total. The highest BCUT2D eigenvalue weighted by Crippen LogP contribution is 2.30. The summed E-state index contributed by atoms with van der Waals surface area (Å²) in [6.45, 7) is 7.06. The maximum absolute atomic E-state index is 11.7. The second kappa shape index (κ2) is 10.0. The molecule has 0 atom stereocenters. The fraction of sp³-hybridized carbons (Fsp3) is 0.179. The first-order valence-corrected chi connectivity index (χ1v) is 13.2. The maximum atomic E-state index is 11.7. The average Bonchev–Trinajstić information content (AvgIpc) is 3.20. The molecule has 0 bridgehead atoms. The Bertz CT molecular complexity index is 1190. The Hall–Kier alpha value is -2.73. The minimum absolute atomic E-state index is 0.00132. The molecule has 0 fully saturated rings. The third-order valence-corrected chi connectivity index (χ3v) is 8.38. The van der Waals surface area contributed by atoms with Gasteiger partial charge in [0.05, 0.1) is 22.6 Å². The van der Waals surface area contributed by atoms with Gasteiger partial charge in [0.2, 0.25) is 0 Å². The molecule has 3 nitrogen and oxygen atoms in total. The normalized spacial score (nSPS) is 11.7. The Morgan fingerprint density at radius 1 is 0.879 bits per heavy atom. The Balaban J connectivity index is 1.76. The van der Waals surface area contributed by atoms with E-state index >= 15 is 0 Å². The lowest BCUT2D eigenvalue weighted by molar-refractivity contribution is 0.111. The van der Waals surface area contributed by atoms with Crippen molar-refractivity contribution in [2.45, 2.75) is 32.8 Å². The number of hydrogen-bond donors (Lipinski definition) is 0. The van der Waals surface area contributed by atoms with E-state index in [0.29, 0.717) is 12.3 Å². The van der Waals surface area contributed by atoms with Crippen molar-refractivity contribution in [3.05, 3.63) is 112 Å². The molecule has 33 heavy (non-hydrogen) atoms. The molecule has 1 heterocycles. The largest absolute Gasteiger partial charge is 0.403 e. The third kappa shape index (κ3) is 5.27. The molecule has 0 unspecified atom stereocenters. The zero-order valence-corrected chi connectivity index (χ0v) is 21.7. The first-order chi connectivity index (χ1) is 15.9. The van der Waals surface area contributed by atoms with Gasteiger partial charge in [0.15, 0.2) is 6.29 Å². The second-order valence-electron chi connectivity index (χ2n) is 8.98. The summed E-state index contributed by atoms with van der Waals surface area (Å²) in [5.41, 5.74) is 3.83. The zero-order valence-electron chi connectivity index (χ0n) is 19.1. The van der Waals surface area contributed by atoms with Gasteiger partial charge in [-0.1, -0.05) is 93.6 Å². The van der Waals surface area contributed by atoms with E-state index in [1.165, 1.54) is 15.9 Å². The van der Waals surface area contributed by atoms with Gasteiger partial charge < -0.3 is 8.99 Å². The monoisotopic (exact) mass is 516 g/mol. The summed E-state index contributed by atoms with van der Waals surface area (Å²) in [4.78, 5) is 11.7. The van der Waals surface area contributed by atoms with Crippen molar-refractivity contribution in [1.29, 1.82) is 0 Å². The van der Waals surface area contributed by atoms with Crippen LogP contribution in [0.2, 0.25) is 0 Å². The quantitative estimate of drug-likeness (QED) is 0.234. The summed E-state index contributed by atoms with van der Waals surface area (Å²) in [7, 11) is -1.45. The Kier molecular flexibility index (Phi) is 7.13. The molecule has 0 amide bonds. The lowest BCUT2D eigenvalue weighted by atomic mass is 9.86. The first kappa shape index (κ1) is 23.4. The highest BCUT2D eigenvalue weighted by molar-refractivity contribution is 9.10. The first-order valence-electron chi connectivity index (χ1n) is 11.0. The molecule has 0 saturated heterocycles. The van der Waals surface area contributed by atoms with E-state index in [4.69, 9.17) is 4.43 Å². The summed E-state index contributed by atoms with van der Waals surface area (Å²) in [6, 6.07) is 31.0. The highest BCUT2D eigenvalue weighted by Gasteiger charge is 2.22. The van der Waals surface area contributed by atoms with E-state index in [1.54, 1.807) is 0 Å². The van der Waals surface area contributed by atoms with Crippen molar-refractivity contribution >= 4 is 41.6 Å². The summed E-state index contributed by atoms with van der Waals surface area (Å²) in [5, 5.41) is 2.41. The van der Waals surface area contributed by atoms with Crippen molar-refractivity contribution in [2.24, 2.45) is 0 Å². The zero-order chi connectivity index (χ0) is 23.4. The maximum Gasteiger partial charge on any atom is 0.283 e. The minimum Gasteiger partial charge on any atom is -0.403 e. The standard InChI is InChI=1S/C28H27BrNO2Si/c1-28(2,3)22-14-16-26(30-23(19-31)15-17-27(30)29)21(18-22)20-32-33(24-10-6-4-7-11-24)25-12-8-5-9-13-25/h4-19H,20H2,1-3H3. The summed E-state index contributed by atoms with van der Waals surface area (Å²) >= 11 is 3.61. The van der Waals surface area contributed by atoms with E-state index in [-0.39, 0.29) is 5.41 Å². The molecule has 0 saturated carbocycles. The van der Waals surface area contributed by atoms with Crippen LogP contribution in [0.25, 0.3) is 5.69 Å². The van der Waals surface area contributed by atoms with Crippen molar-refractivity contribution in [1.82, 2.24) is 4.57 Å². The molecule has 4 aromatic rings. The smallest absolute Gasteiger partial charge is 0.283 e. The number of aromatic nitrogens is 1. The summed E-state index contributed by atoms with van der Waals surface area (Å²) < 4.78 is 9.48. The van der Waals surface area contributed by atoms with Crippen LogP contribution in [0.3, 0.4) is 0 Å². The van der Waals surface area contributed by atoms with Crippen molar-refractivity contribution in [3.63, 3.8) is 0 Å². The predicted octanol–water partition coefficient (Wildman–Crippen LogP) is 5.67. The predicted molar refractivity (Wildman–Crippen MR) is 140 cm³/mol. The van der Waals surface area contributed by atoms with E-state index in [2.05, 4.69) is 103 Å². The minimum atomic E-state index is -1.45. The lowest BCUT2D eigenvalue weighted by Gasteiger charge is -2.23. The number of benzene rings is 3. The van der Waals surface area contributed by atoms with E-state index < -0.39 is 9.04 Å². The van der Waals surface area contributed by atoms with Crippen LogP contribution >= 0.6 is 15.9 Å². The number of hydrogen-bond acceptors (Lipinski definition) is 2. The van der Waals surface area contributed by atoms with Crippen LogP contribution in [-0.4, -0.2) is 19.9 Å². The molecule has 3 aromatic carbocycles. The molecule has 0 aliphatic rings. The third-order valence-electron chi connectivity index (χ3n) is 5.61. The van der Waals surface area contributed by atoms with Gasteiger partial charge in [-0.25, -0.2) is 0 Å². The molecule has 1 radical (unpaired) electrons. The van der Waals surface area contributed by atoms with Gasteiger partial charge in [-0.2, -0.15) is 0 Å². The van der Waals surface area contributed by atoms with Crippen molar-refractivity contribution in [3.8, 4) is 5.69 Å². The molecular formula is C28H27BrNO2Si. The molecule has 0 spiro atoms. The Labute approximate surface area is 205 Å². The number of aldehydes is 1. The molecule has 1 aromatic heterocycles. The van der Waals surface area contributed by atoms with Crippen LogP contribution in [0, 0.1) is 0 Å². The van der Waals surface area contributed by atoms with Gasteiger partial charge in [0.25, 0.3) is 9.04 Å². The van der Waals surface area contributed by atoms with E-state index in [9.17, 15) is 4.79 Å². The number of carbonyl (C=O) groups is 1. The Morgan fingerprint density at radius 3 is 2.03 bits per heavy atom. The SMILES string of the molecule is CC(C)(C)c1ccc(-n2c(Br)ccc2C=O)c(CO[Si](c2ccccc2)c2ccccc2)c1. The number of nitrogens with zero attached hydrogens (tertiary/aromatic N) is 1. The van der Waals surface area contributed by atoms with Gasteiger partial charge in [-0.05, 0) is 55.5 Å². The van der Waals surface area contributed by atoms with Crippen LogP contribution in [0.5, 0.6) is 0 Å². The number of halogens is 1. The number of carbonyl (C=O) groups excluding carboxylic acids is 1. The average molecular weight is 518 g/mol. The van der Waals surface area contributed by atoms with Gasteiger partial charge in [0.1, 0.15) is 0 Å². The lowest BCUT2D eigenvalue weighted by Crippen LogP contribution is -2.44. The van der Waals surface area contributed by atoms with Gasteiger partial charge in [-0.15, -0.1) is 0 Å². The van der Waals surface area contributed by atoms with Crippen LogP contribution in [-0.2, 0) is 16.4 Å². The molecular weight excluding hydrogens is 490 g/mol. The molecule has 5 heteroatoms. The molecule has 167 valence electrons. The summed E-state index contributed by atoms with van der Waals surface area (Å²) in [5.74, 6) is 0. The summed E-state index contributed by atoms with van der Waals surface area (Å²) in [6.07, 6.45) is 0.885. The van der Waals surface area contributed by atoms with Crippen LogP contribution in [0.4, 0.5) is 0 Å². The molecule has 4 rings (SSSR count). The van der Waals surface area contributed by atoms with E-state index in [0.717, 1.165) is 22.1 Å². The Morgan fingerprint density at radius 2 is 1.48 bits per heavy atom. The molecule has 0 aliphatic carbocycles. The van der Waals surface area contributed by atoms with E-state index in [1.807, 2.05) is 28.8 Å².